The number of hydrogen-bond donors (Lipinski definition) is 1. The molecule has 120 valence electrons. The van der Waals surface area contributed by atoms with E-state index in [0.717, 1.165) is 34.8 Å². The van der Waals surface area contributed by atoms with Crippen molar-refractivity contribution in [2.45, 2.75) is 26.2 Å². The fraction of sp³-hybridized carbons (Fsp3) is 0.278. The lowest BCUT2D eigenvalue weighted by Gasteiger charge is -2.17. The topological polar surface area (TPSA) is 63.3 Å². The molecule has 0 bridgehead atoms. The second-order valence-electron chi connectivity index (χ2n) is 6.53. The van der Waals surface area contributed by atoms with Crippen molar-refractivity contribution >= 4 is 27.2 Å². The highest BCUT2D eigenvalue weighted by Crippen LogP contribution is 2.38. The van der Waals surface area contributed by atoms with Crippen LogP contribution in [0.25, 0.3) is 27.3 Å². The quantitative estimate of drug-likeness (QED) is 0.574. The van der Waals surface area contributed by atoms with Crippen LogP contribution in [0.2, 0.25) is 0 Å². The number of hydrogen-bond acceptors (Lipinski definition) is 5. The SMILES string of the molecule is C[C@@H]1CCc2c(sc3ncn4nc(-c5ccc(O)cc5)nc4c23)C1. The van der Waals surface area contributed by atoms with Gasteiger partial charge in [-0.25, -0.2) is 14.5 Å². The van der Waals surface area contributed by atoms with E-state index in [0.29, 0.717) is 5.82 Å². The maximum Gasteiger partial charge on any atom is 0.182 e. The Bertz CT molecular complexity index is 1060. The summed E-state index contributed by atoms with van der Waals surface area (Å²) in [5, 5.41) is 15.2. The zero-order valence-electron chi connectivity index (χ0n) is 13.2. The smallest absolute Gasteiger partial charge is 0.182 e. The van der Waals surface area contributed by atoms with Crippen molar-refractivity contribution in [1.82, 2.24) is 19.6 Å². The lowest BCUT2D eigenvalue weighted by Crippen LogP contribution is -2.08. The van der Waals surface area contributed by atoms with E-state index >= 15 is 0 Å². The zero-order valence-corrected chi connectivity index (χ0v) is 14.0. The fourth-order valence-corrected chi connectivity index (χ4v) is 4.82. The molecule has 0 unspecified atom stereocenters. The molecule has 3 heterocycles. The second-order valence-corrected chi connectivity index (χ2v) is 7.61. The van der Waals surface area contributed by atoms with Crippen molar-refractivity contribution in [1.29, 1.82) is 0 Å². The molecule has 0 spiro atoms. The average molecular weight is 336 g/mol. The van der Waals surface area contributed by atoms with E-state index in [1.807, 2.05) is 12.1 Å². The van der Waals surface area contributed by atoms with Crippen LogP contribution in [-0.2, 0) is 12.8 Å². The highest BCUT2D eigenvalue weighted by molar-refractivity contribution is 7.19. The van der Waals surface area contributed by atoms with Crippen LogP contribution in [0.4, 0.5) is 0 Å². The van der Waals surface area contributed by atoms with Gasteiger partial charge in [-0.05, 0) is 55.0 Å². The van der Waals surface area contributed by atoms with Crippen LogP contribution in [0.15, 0.2) is 30.6 Å². The van der Waals surface area contributed by atoms with Crippen LogP contribution < -0.4 is 0 Å². The van der Waals surface area contributed by atoms with Gasteiger partial charge in [-0.2, -0.15) is 0 Å². The lowest BCUT2D eigenvalue weighted by molar-refractivity contribution is 0.475. The molecule has 1 aliphatic rings. The molecule has 6 heteroatoms. The highest BCUT2D eigenvalue weighted by atomic mass is 32.1. The molecule has 0 radical (unpaired) electrons. The van der Waals surface area contributed by atoms with Gasteiger partial charge in [-0.1, -0.05) is 6.92 Å². The Labute approximate surface area is 142 Å². The Balaban J connectivity index is 1.74. The number of rotatable bonds is 1. The third-order valence-corrected chi connectivity index (χ3v) is 5.92. The molecule has 5 nitrogen and oxygen atoms in total. The van der Waals surface area contributed by atoms with Crippen molar-refractivity contribution in [3.63, 3.8) is 0 Å². The summed E-state index contributed by atoms with van der Waals surface area (Å²) < 4.78 is 1.77. The van der Waals surface area contributed by atoms with E-state index in [1.54, 1.807) is 34.3 Å². The van der Waals surface area contributed by atoms with Crippen LogP contribution in [0.5, 0.6) is 5.75 Å². The van der Waals surface area contributed by atoms with E-state index in [-0.39, 0.29) is 5.75 Å². The molecule has 0 saturated carbocycles. The number of thiophene rings is 1. The Kier molecular flexibility index (Phi) is 2.91. The number of phenols is 1. The van der Waals surface area contributed by atoms with Crippen molar-refractivity contribution in [3.8, 4) is 17.1 Å². The summed E-state index contributed by atoms with van der Waals surface area (Å²) >= 11 is 1.80. The molecule has 0 aliphatic heterocycles. The minimum absolute atomic E-state index is 0.243. The van der Waals surface area contributed by atoms with Gasteiger partial charge in [-0.15, -0.1) is 16.4 Å². The van der Waals surface area contributed by atoms with E-state index in [1.165, 1.54) is 22.2 Å². The monoisotopic (exact) mass is 336 g/mol. The summed E-state index contributed by atoms with van der Waals surface area (Å²) in [6.45, 7) is 2.32. The van der Waals surface area contributed by atoms with E-state index in [9.17, 15) is 5.11 Å². The molecule has 24 heavy (non-hydrogen) atoms. The maximum atomic E-state index is 9.46. The Morgan fingerprint density at radius 1 is 1.25 bits per heavy atom. The van der Waals surface area contributed by atoms with Gasteiger partial charge < -0.3 is 5.11 Å². The number of aromatic hydroxyl groups is 1. The molecular formula is C18H16N4OS. The van der Waals surface area contributed by atoms with Gasteiger partial charge in [0, 0.05) is 10.4 Å². The molecule has 0 saturated heterocycles. The molecule has 3 aromatic heterocycles. The normalized spacial score (nSPS) is 17.5. The first kappa shape index (κ1) is 13.9. The van der Waals surface area contributed by atoms with Crippen molar-refractivity contribution in [2.24, 2.45) is 5.92 Å². The summed E-state index contributed by atoms with van der Waals surface area (Å²) in [6.07, 6.45) is 5.21. The minimum Gasteiger partial charge on any atom is -0.508 e. The summed E-state index contributed by atoms with van der Waals surface area (Å²) in [5.74, 6) is 1.65. The molecule has 5 rings (SSSR count). The van der Waals surface area contributed by atoms with Gasteiger partial charge in [-0.3, -0.25) is 0 Å². The van der Waals surface area contributed by atoms with Crippen molar-refractivity contribution in [3.05, 3.63) is 41.0 Å². The average Bonchev–Trinajstić information content (AvgIpc) is 3.15. The first-order valence-corrected chi connectivity index (χ1v) is 8.96. The van der Waals surface area contributed by atoms with Gasteiger partial charge in [0.15, 0.2) is 11.5 Å². The third kappa shape index (κ3) is 2.03. The van der Waals surface area contributed by atoms with Crippen LogP contribution >= 0.6 is 11.3 Å². The van der Waals surface area contributed by atoms with Crippen molar-refractivity contribution in [2.75, 3.05) is 0 Å². The predicted octanol–water partition coefficient (Wildman–Crippen LogP) is 3.84. The number of aryl methyl sites for hydroxylation is 1. The summed E-state index contributed by atoms with van der Waals surface area (Å²) in [6, 6.07) is 6.98. The van der Waals surface area contributed by atoms with Gasteiger partial charge in [0.2, 0.25) is 0 Å². The number of benzene rings is 1. The molecule has 1 N–H and O–H groups in total. The maximum absolute atomic E-state index is 9.46. The molecule has 1 aliphatic carbocycles. The first-order chi connectivity index (χ1) is 11.7. The number of fused-ring (bicyclic) bond motifs is 5. The molecule has 1 aromatic carbocycles. The van der Waals surface area contributed by atoms with Crippen LogP contribution in [0.3, 0.4) is 0 Å². The second kappa shape index (κ2) is 5.01. The largest absolute Gasteiger partial charge is 0.508 e. The first-order valence-electron chi connectivity index (χ1n) is 8.14. The van der Waals surface area contributed by atoms with Gasteiger partial charge in [0.1, 0.15) is 16.9 Å². The molecule has 4 aromatic rings. The molecule has 0 amide bonds. The summed E-state index contributed by atoms with van der Waals surface area (Å²) in [5.41, 5.74) is 3.19. The van der Waals surface area contributed by atoms with Crippen LogP contribution in [-0.4, -0.2) is 24.7 Å². The highest BCUT2D eigenvalue weighted by Gasteiger charge is 2.23. The molecule has 0 fully saturated rings. The summed E-state index contributed by atoms with van der Waals surface area (Å²) in [4.78, 5) is 11.9. The van der Waals surface area contributed by atoms with Crippen LogP contribution in [0.1, 0.15) is 23.8 Å². The van der Waals surface area contributed by atoms with Crippen LogP contribution in [0, 0.1) is 5.92 Å². The Hall–Kier alpha value is -2.47. The number of phenolic OH excluding ortho intramolecular Hbond substituents is 1. The molecular weight excluding hydrogens is 320 g/mol. The predicted molar refractivity (Wildman–Crippen MR) is 94.5 cm³/mol. The zero-order chi connectivity index (χ0) is 16.3. The molecule has 1 atom stereocenters. The number of nitrogens with zero attached hydrogens (tertiary/aromatic N) is 4. The van der Waals surface area contributed by atoms with E-state index < -0.39 is 0 Å². The Morgan fingerprint density at radius 2 is 2.08 bits per heavy atom. The van der Waals surface area contributed by atoms with E-state index in [4.69, 9.17) is 4.98 Å². The fourth-order valence-electron chi connectivity index (χ4n) is 3.47. The van der Waals surface area contributed by atoms with Crippen molar-refractivity contribution < 1.29 is 5.11 Å². The van der Waals surface area contributed by atoms with E-state index in [2.05, 4.69) is 17.0 Å². The lowest BCUT2D eigenvalue weighted by atomic mass is 9.89. The van der Waals surface area contributed by atoms with Gasteiger partial charge in [0.25, 0.3) is 0 Å². The summed E-state index contributed by atoms with van der Waals surface area (Å²) in [7, 11) is 0. The van der Waals surface area contributed by atoms with Gasteiger partial charge in [0.05, 0.1) is 5.39 Å². The minimum atomic E-state index is 0.243. The Morgan fingerprint density at radius 3 is 2.92 bits per heavy atom. The standard InChI is InChI=1S/C18H16N4OS/c1-10-2-7-13-14(8-10)24-18-15(13)17-20-16(21-22(17)9-19-18)11-3-5-12(23)6-4-11/h3-6,9-10,23H,2,7-8H2,1H3/t10-/m1/s1. The number of aromatic nitrogens is 4. The van der Waals surface area contributed by atoms with Gasteiger partial charge >= 0.3 is 0 Å². The third-order valence-electron chi connectivity index (χ3n) is 4.76.